The molecular formula is C16H12Cl3N3O3. The van der Waals surface area contributed by atoms with Crippen molar-refractivity contribution in [2.45, 2.75) is 6.61 Å². The van der Waals surface area contributed by atoms with Crippen molar-refractivity contribution in [2.75, 3.05) is 12.8 Å². The summed E-state index contributed by atoms with van der Waals surface area (Å²) in [6.07, 6.45) is 0. The average molecular weight is 401 g/mol. The molecule has 0 radical (unpaired) electrons. The highest BCUT2D eigenvalue weighted by Crippen LogP contribution is 2.39. The van der Waals surface area contributed by atoms with E-state index in [1.54, 1.807) is 24.3 Å². The number of nitrogens with two attached hydrogens (primary N) is 1. The van der Waals surface area contributed by atoms with E-state index in [9.17, 15) is 0 Å². The topological polar surface area (TPSA) is 83.4 Å². The van der Waals surface area contributed by atoms with Crippen LogP contribution in [0, 0.1) is 0 Å². The number of hydrogen-bond acceptors (Lipinski definition) is 6. The second-order valence-electron chi connectivity index (χ2n) is 4.97. The lowest BCUT2D eigenvalue weighted by Crippen LogP contribution is -1.99. The van der Waals surface area contributed by atoms with Gasteiger partial charge in [0.25, 0.3) is 0 Å². The second-order valence-corrected chi connectivity index (χ2v) is 6.19. The number of rotatable bonds is 5. The van der Waals surface area contributed by atoms with E-state index in [-0.39, 0.29) is 18.5 Å². The summed E-state index contributed by atoms with van der Waals surface area (Å²) < 4.78 is 16.3. The molecule has 0 amide bonds. The van der Waals surface area contributed by atoms with Gasteiger partial charge >= 0.3 is 6.01 Å². The molecule has 1 heterocycles. The van der Waals surface area contributed by atoms with Crippen LogP contribution in [0.15, 0.2) is 34.7 Å². The average Bonchev–Trinajstić information content (AvgIpc) is 3.02. The molecule has 2 aromatic carbocycles. The first-order chi connectivity index (χ1) is 12.0. The van der Waals surface area contributed by atoms with Crippen LogP contribution >= 0.6 is 34.8 Å². The molecule has 1 aromatic heterocycles. The third kappa shape index (κ3) is 3.92. The Hall–Kier alpha value is -2.15. The maximum absolute atomic E-state index is 6.32. The van der Waals surface area contributed by atoms with Crippen LogP contribution < -0.4 is 15.2 Å². The van der Waals surface area contributed by atoms with Crippen molar-refractivity contribution in [1.82, 2.24) is 10.2 Å². The molecule has 0 aliphatic carbocycles. The Morgan fingerprint density at radius 2 is 1.84 bits per heavy atom. The largest absolute Gasteiger partial charge is 0.493 e. The molecule has 0 saturated carbocycles. The van der Waals surface area contributed by atoms with Crippen molar-refractivity contribution >= 4 is 40.8 Å². The quantitative estimate of drug-likeness (QED) is 0.658. The lowest BCUT2D eigenvalue weighted by molar-refractivity contribution is 0.285. The maximum atomic E-state index is 6.32. The van der Waals surface area contributed by atoms with E-state index < -0.39 is 0 Å². The highest BCUT2D eigenvalue weighted by molar-refractivity contribution is 6.42. The van der Waals surface area contributed by atoms with Gasteiger partial charge in [-0.15, -0.1) is 5.10 Å². The molecule has 130 valence electrons. The summed E-state index contributed by atoms with van der Waals surface area (Å²) in [4.78, 5) is 0. The van der Waals surface area contributed by atoms with Crippen LogP contribution in [0.25, 0.3) is 11.5 Å². The van der Waals surface area contributed by atoms with Crippen LogP contribution in [0.2, 0.25) is 15.1 Å². The van der Waals surface area contributed by atoms with Crippen molar-refractivity contribution in [3.8, 4) is 23.0 Å². The fraction of sp³-hybridized carbons (Fsp3) is 0.125. The molecule has 0 unspecified atom stereocenters. The van der Waals surface area contributed by atoms with Crippen LogP contribution in [0.3, 0.4) is 0 Å². The van der Waals surface area contributed by atoms with Gasteiger partial charge < -0.3 is 19.6 Å². The number of halogens is 3. The summed E-state index contributed by atoms with van der Waals surface area (Å²) in [6, 6.07) is 8.49. The van der Waals surface area contributed by atoms with E-state index in [0.717, 1.165) is 5.56 Å². The number of anilines is 1. The van der Waals surface area contributed by atoms with E-state index in [2.05, 4.69) is 10.2 Å². The molecule has 3 rings (SSSR count). The van der Waals surface area contributed by atoms with Crippen molar-refractivity contribution < 1.29 is 13.9 Å². The first-order valence-corrected chi connectivity index (χ1v) is 8.15. The molecule has 6 nitrogen and oxygen atoms in total. The number of benzene rings is 2. The molecule has 0 aliphatic heterocycles. The molecular weight excluding hydrogens is 389 g/mol. The molecule has 0 saturated heterocycles. The first-order valence-electron chi connectivity index (χ1n) is 7.01. The minimum atomic E-state index is -0.0370. The number of ether oxygens (including phenoxy) is 2. The Morgan fingerprint density at radius 3 is 2.48 bits per heavy atom. The Balaban J connectivity index is 1.86. The maximum Gasteiger partial charge on any atom is 0.313 e. The van der Waals surface area contributed by atoms with E-state index in [4.69, 9.17) is 54.4 Å². The zero-order valence-corrected chi connectivity index (χ0v) is 15.2. The van der Waals surface area contributed by atoms with E-state index >= 15 is 0 Å². The SMILES string of the molecule is COc1cc(-c2nnc(N)o2)cc(Cl)c1OCc1ccc(Cl)c(Cl)c1. The number of aromatic nitrogens is 2. The molecule has 0 bridgehead atoms. The molecule has 0 atom stereocenters. The third-order valence-corrected chi connectivity index (χ3v) is 4.30. The Bertz CT molecular complexity index is 915. The van der Waals surface area contributed by atoms with Gasteiger partial charge in [-0.25, -0.2) is 0 Å². The second kappa shape index (κ2) is 7.39. The molecule has 9 heteroatoms. The minimum absolute atomic E-state index is 0.0370. The van der Waals surface area contributed by atoms with Gasteiger partial charge in [-0.1, -0.05) is 46.0 Å². The van der Waals surface area contributed by atoms with Gasteiger partial charge in [0.2, 0.25) is 5.89 Å². The zero-order chi connectivity index (χ0) is 18.0. The summed E-state index contributed by atoms with van der Waals surface area (Å²) in [7, 11) is 1.50. The van der Waals surface area contributed by atoms with Gasteiger partial charge in [-0.05, 0) is 29.8 Å². The van der Waals surface area contributed by atoms with Gasteiger partial charge in [0, 0.05) is 5.56 Å². The van der Waals surface area contributed by atoms with Gasteiger partial charge in [0.15, 0.2) is 11.5 Å². The summed E-state index contributed by atoms with van der Waals surface area (Å²) in [6.45, 7) is 0.236. The van der Waals surface area contributed by atoms with Gasteiger partial charge in [0.05, 0.1) is 22.2 Å². The monoisotopic (exact) mass is 399 g/mol. The Kier molecular flexibility index (Phi) is 5.22. The van der Waals surface area contributed by atoms with Gasteiger partial charge in [-0.2, -0.15) is 0 Å². The van der Waals surface area contributed by atoms with Crippen LogP contribution in [0.5, 0.6) is 11.5 Å². The molecule has 25 heavy (non-hydrogen) atoms. The summed E-state index contributed by atoms with van der Waals surface area (Å²) in [5.74, 6) is 1.03. The lowest BCUT2D eigenvalue weighted by atomic mass is 10.2. The van der Waals surface area contributed by atoms with Crippen LogP contribution in [-0.4, -0.2) is 17.3 Å². The number of methoxy groups -OCH3 is 1. The van der Waals surface area contributed by atoms with Gasteiger partial charge in [0.1, 0.15) is 6.61 Å². The number of nitrogens with zero attached hydrogens (tertiary/aromatic N) is 2. The fourth-order valence-electron chi connectivity index (χ4n) is 2.12. The predicted molar refractivity (Wildman–Crippen MR) is 96.5 cm³/mol. The Labute approximate surface area is 158 Å². The van der Waals surface area contributed by atoms with Crippen LogP contribution in [0.1, 0.15) is 5.56 Å². The fourth-order valence-corrected chi connectivity index (χ4v) is 2.71. The van der Waals surface area contributed by atoms with Crippen LogP contribution in [0.4, 0.5) is 6.01 Å². The van der Waals surface area contributed by atoms with Crippen molar-refractivity contribution in [1.29, 1.82) is 0 Å². The Morgan fingerprint density at radius 1 is 1.04 bits per heavy atom. The van der Waals surface area contributed by atoms with Crippen molar-refractivity contribution in [3.63, 3.8) is 0 Å². The summed E-state index contributed by atoms with van der Waals surface area (Å²) >= 11 is 18.2. The summed E-state index contributed by atoms with van der Waals surface area (Å²) in [5.41, 5.74) is 6.84. The number of hydrogen-bond donors (Lipinski definition) is 1. The van der Waals surface area contributed by atoms with Gasteiger partial charge in [-0.3, -0.25) is 0 Å². The smallest absolute Gasteiger partial charge is 0.313 e. The van der Waals surface area contributed by atoms with E-state index in [1.165, 1.54) is 7.11 Å². The molecule has 0 fully saturated rings. The summed E-state index contributed by atoms with van der Waals surface area (Å²) in [5, 5.41) is 8.68. The standard InChI is InChI=1S/C16H12Cl3N3O3/c1-23-13-6-9(15-21-22-16(20)25-15)5-12(19)14(13)24-7-8-2-3-10(17)11(18)4-8/h2-6H,7H2,1H3,(H2,20,22). The highest BCUT2D eigenvalue weighted by Gasteiger charge is 2.16. The molecule has 3 aromatic rings. The zero-order valence-electron chi connectivity index (χ0n) is 12.9. The van der Waals surface area contributed by atoms with E-state index in [0.29, 0.717) is 32.1 Å². The molecule has 0 spiro atoms. The molecule has 2 N–H and O–H groups in total. The predicted octanol–water partition coefficient (Wildman–Crippen LogP) is 4.87. The minimum Gasteiger partial charge on any atom is -0.493 e. The van der Waals surface area contributed by atoms with Crippen molar-refractivity contribution in [2.24, 2.45) is 0 Å². The lowest BCUT2D eigenvalue weighted by Gasteiger charge is -2.13. The normalized spacial score (nSPS) is 10.7. The van der Waals surface area contributed by atoms with Crippen molar-refractivity contribution in [3.05, 3.63) is 51.0 Å². The first kappa shape index (κ1) is 17.7. The van der Waals surface area contributed by atoms with Crippen LogP contribution in [-0.2, 0) is 6.61 Å². The highest BCUT2D eigenvalue weighted by atomic mass is 35.5. The third-order valence-electron chi connectivity index (χ3n) is 3.28. The number of nitrogen functional groups attached to an aromatic ring is 1. The molecule has 0 aliphatic rings. The van der Waals surface area contributed by atoms with E-state index in [1.807, 2.05) is 6.07 Å².